The molecule has 11 heteroatoms. The number of nitrogens with one attached hydrogen (secondary N) is 1. The molecule has 3 heterocycles. The molecule has 1 aliphatic heterocycles. The van der Waals surface area contributed by atoms with Crippen LogP contribution >= 0.6 is 12.4 Å². The molecule has 0 spiro atoms. The average molecular weight is 506 g/mol. The number of rotatable bonds is 8. The minimum Gasteiger partial charge on any atom is -0.352 e. The predicted octanol–water partition coefficient (Wildman–Crippen LogP) is 2.46. The van der Waals surface area contributed by atoms with Crippen LogP contribution in [0.2, 0.25) is 0 Å². The second-order valence-electron chi connectivity index (χ2n) is 8.38. The Hall–Kier alpha value is -2.53. The quantitative estimate of drug-likeness (QED) is 0.502. The van der Waals surface area contributed by atoms with E-state index in [4.69, 9.17) is 0 Å². The first kappa shape index (κ1) is 26.1. The number of halogens is 1. The van der Waals surface area contributed by atoms with Crippen molar-refractivity contribution < 1.29 is 8.42 Å². The molecule has 2 aromatic heterocycles. The molecule has 1 aliphatic rings. The smallest absolute Gasteiger partial charge is 0.209 e. The van der Waals surface area contributed by atoms with Gasteiger partial charge >= 0.3 is 0 Å². The molecule has 1 fully saturated rings. The summed E-state index contributed by atoms with van der Waals surface area (Å²) in [7, 11) is -3.22. The fourth-order valence-corrected chi connectivity index (χ4v) is 4.42. The van der Waals surface area contributed by atoms with E-state index in [1.165, 1.54) is 5.56 Å². The Labute approximate surface area is 207 Å². The topological polar surface area (TPSA) is 96.2 Å². The summed E-state index contributed by atoms with van der Waals surface area (Å²) < 4.78 is 27.2. The van der Waals surface area contributed by atoms with Crippen LogP contribution in [0.15, 0.2) is 42.9 Å². The molecule has 0 bridgehead atoms. The first-order chi connectivity index (χ1) is 15.8. The highest BCUT2D eigenvalue weighted by molar-refractivity contribution is 7.88. The lowest BCUT2D eigenvalue weighted by Gasteiger charge is -2.35. The van der Waals surface area contributed by atoms with E-state index in [2.05, 4.69) is 49.6 Å². The minimum absolute atomic E-state index is 0. The number of hydrogen-bond acceptors (Lipinski definition) is 7. The van der Waals surface area contributed by atoms with Crippen molar-refractivity contribution in [2.24, 2.45) is 0 Å². The van der Waals surface area contributed by atoms with Gasteiger partial charge in [-0.3, -0.25) is 14.6 Å². The van der Waals surface area contributed by atoms with Gasteiger partial charge in [0, 0.05) is 75.5 Å². The van der Waals surface area contributed by atoms with Gasteiger partial charge in [0.1, 0.15) is 5.69 Å². The number of anilines is 1. The lowest BCUT2D eigenvalue weighted by atomic mass is 10.1. The molecule has 184 valence electrons. The molecule has 0 saturated carbocycles. The molecule has 0 aliphatic carbocycles. The largest absolute Gasteiger partial charge is 0.352 e. The number of nitrogens with zero attached hydrogens (tertiary/aromatic N) is 6. The Morgan fingerprint density at radius 3 is 2.32 bits per heavy atom. The van der Waals surface area contributed by atoms with Crippen LogP contribution in [0.3, 0.4) is 0 Å². The van der Waals surface area contributed by atoms with Crippen LogP contribution in [0.25, 0.3) is 11.3 Å². The van der Waals surface area contributed by atoms with Gasteiger partial charge in [-0.1, -0.05) is 24.3 Å². The van der Waals surface area contributed by atoms with Crippen molar-refractivity contribution in [3.05, 3.63) is 59.7 Å². The molecule has 1 saturated heterocycles. The van der Waals surface area contributed by atoms with E-state index in [1.54, 1.807) is 12.4 Å². The van der Waals surface area contributed by atoms with Gasteiger partial charge in [0.15, 0.2) is 5.82 Å². The Bertz CT molecular complexity index is 1190. The summed E-state index contributed by atoms with van der Waals surface area (Å²) in [6.07, 6.45) is 6.75. The third kappa shape index (κ3) is 6.53. The van der Waals surface area contributed by atoms with Crippen LogP contribution < -0.4 is 9.62 Å². The monoisotopic (exact) mass is 505 g/mol. The molecule has 4 rings (SSSR count). The Kier molecular flexibility index (Phi) is 8.64. The fraction of sp³-hybridized carbons (Fsp3) is 0.435. The SMILES string of the molecule is CCn1cc(CN2CCN(c3nccnc3-c3ccc(CNS(C)(=O)=O)cc3)CC2)c(C)n1.Cl. The van der Waals surface area contributed by atoms with E-state index in [0.717, 1.165) is 73.9 Å². The summed E-state index contributed by atoms with van der Waals surface area (Å²) in [5.74, 6) is 0.883. The fourth-order valence-electron chi connectivity index (χ4n) is 4.00. The van der Waals surface area contributed by atoms with Crippen LogP contribution in [0.4, 0.5) is 5.82 Å². The van der Waals surface area contributed by atoms with Gasteiger partial charge in [0.25, 0.3) is 0 Å². The van der Waals surface area contributed by atoms with Gasteiger partial charge in [0.2, 0.25) is 10.0 Å². The second-order valence-corrected chi connectivity index (χ2v) is 10.2. The van der Waals surface area contributed by atoms with Crippen molar-refractivity contribution in [2.45, 2.75) is 33.5 Å². The van der Waals surface area contributed by atoms with Crippen molar-refractivity contribution in [1.82, 2.24) is 29.4 Å². The molecule has 0 atom stereocenters. The zero-order valence-corrected chi connectivity index (χ0v) is 21.4. The standard InChI is InChI=1S/C23H31N7O2S.ClH/c1-4-30-17-21(18(2)27-30)16-28-11-13-29(14-12-28)23-22(24-9-10-25-23)20-7-5-19(6-8-20)15-26-33(3,31)32;/h5-10,17,26H,4,11-16H2,1-3H3;1H. The number of aryl methyl sites for hydroxylation is 2. The van der Waals surface area contributed by atoms with E-state index < -0.39 is 10.0 Å². The van der Waals surface area contributed by atoms with E-state index in [9.17, 15) is 8.42 Å². The minimum atomic E-state index is -3.22. The summed E-state index contributed by atoms with van der Waals surface area (Å²) in [6.45, 7) is 9.90. The number of hydrogen-bond donors (Lipinski definition) is 1. The first-order valence-corrected chi connectivity index (χ1v) is 13.1. The second kappa shape index (κ2) is 11.3. The molecule has 1 N–H and O–H groups in total. The summed E-state index contributed by atoms with van der Waals surface area (Å²) in [4.78, 5) is 14.0. The molecule has 9 nitrogen and oxygen atoms in total. The number of piperazine rings is 1. The highest BCUT2D eigenvalue weighted by atomic mass is 35.5. The predicted molar refractivity (Wildman–Crippen MR) is 137 cm³/mol. The number of sulfonamides is 1. The Morgan fingerprint density at radius 1 is 1.03 bits per heavy atom. The summed E-state index contributed by atoms with van der Waals surface area (Å²) in [6, 6.07) is 7.78. The summed E-state index contributed by atoms with van der Waals surface area (Å²) >= 11 is 0. The van der Waals surface area contributed by atoms with Crippen molar-refractivity contribution in [2.75, 3.05) is 37.3 Å². The maximum atomic E-state index is 11.3. The highest BCUT2D eigenvalue weighted by Crippen LogP contribution is 2.28. The van der Waals surface area contributed by atoms with Gasteiger partial charge in [-0.25, -0.2) is 18.1 Å². The van der Waals surface area contributed by atoms with Crippen LogP contribution in [0.5, 0.6) is 0 Å². The first-order valence-electron chi connectivity index (χ1n) is 11.2. The maximum Gasteiger partial charge on any atom is 0.209 e. The Balaban J connectivity index is 0.00000324. The van der Waals surface area contributed by atoms with Crippen molar-refractivity contribution in [3.63, 3.8) is 0 Å². The van der Waals surface area contributed by atoms with Crippen LogP contribution in [-0.2, 0) is 29.7 Å². The van der Waals surface area contributed by atoms with Crippen LogP contribution in [-0.4, -0.2) is 65.5 Å². The molecule has 1 aromatic carbocycles. The maximum absolute atomic E-state index is 11.3. The lowest BCUT2D eigenvalue weighted by Crippen LogP contribution is -2.46. The molecule has 3 aromatic rings. The highest BCUT2D eigenvalue weighted by Gasteiger charge is 2.22. The van der Waals surface area contributed by atoms with Gasteiger partial charge in [-0.2, -0.15) is 5.10 Å². The van der Waals surface area contributed by atoms with Crippen LogP contribution in [0.1, 0.15) is 23.7 Å². The van der Waals surface area contributed by atoms with Crippen molar-refractivity contribution in [3.8, 4) is 11.3 Å². The van der Waals surface area contributed by atoms with Gasteiger partial charge in [0.05, 0.1) is 11.9 Å². The number of aromatic nitrogens is 4. The molecule has 0 unspecified atom stereocenters. The van der Waals surface area contributed by atoms with Crippen molar-refractivity contribution >= 4 is 28.2 Å². The molecule has 0 amide bonds. The molecule has 0 radical (unpaired) electrons. The van der Waals surface area contributed by atoms with Gasteiger partial charge < -0.3 is 4.90 Å². The molecular formula is C23H32ClN7O2S. The third-order valence-electron chi connectivity index (χ3n) is 5.88. The number of benzene rings is 1. The van der Waals surface area contributed by atoms with Gasteiger partial charge in [-0.15, -0.1) is 12.4 Å². The third-order valence-corrected chi connectivity index (χ3v) is 6.55. The molecule has 34 heavy (non-hydrogen) atoms. The zero-order valence-electron chi connectivity index (χ0n) is 19.8. The zero-order chi connectivity index (χ0) is 23.4. The summed E-state index contributed by atoms with van der Waals surface area (Å²) in [5, 5.41) is 4.56. The lowest BCUT2D eigenvalue weighted by molar-refractivity contribution is 0.249. The van der Waals surface area contributed by atoms with E-state index in [-0.39, 0.29) is 19.0 Å². The van der Waals surface area contributed by atoms with E-state index >= 15 is 0 Å². The molecular weight excluding hydrogens is 474 g/mol. The normalized spacial score (nSPS) is 14.7. The van der Waals surface area contributed by atoms with E-state index in [0.29, 0.717) is 0 Å². The average Bonchev–Trinajstić information content (AvgIpc) is 3.17. The van der Waals surface area contributed by atoms with E-state index in [1.807, 2.05) is 28.9 Å². The van der Waals surface area contributed by atoms with Crippen molar-refractivity contribution in [1.29, 1.82) is 0 Å². The summed E-state index contributed by atoms with van der Waals surface area (Å²) in [5.41, 5.74) is 5.09. The van der Waals surface area contributed by atoms with Gasteiger partial charge in [-0.05, 0) is 19.4 Å². The van der Waals surface area contributed by atoms with Crippen LogP contribution in [0, 0.1) is 6.92 Å². The Morgan fingerprint density at radius 2 is 1.71 bits per heavy atom.